The monoisotopic (exact) mass is 245 g/mol. The molecule has 0 bridgehead atoms. The predicted molar refractivity (Wildman–Crippen MR) is 47.4 cm³/mol. The molecule has 0 spiro atoms. The number of carbonyl (C=O) groups is 1. The van der Waals surface area contributed by atoms with Crippen molar-refractivity contribution in [2.45, 2.75) is 43.7 Å². The summed E-state index contributed by atoms with van der Waals surface area (Å²) >= 11 is 5.65. The summed E-state index contributed by atoms with van der Waals surface area (Å²) in [7, 11) is 0. The number of rotatable bonds is 1. The van der Waals surface area contributed by atoms with Crippen molar-refractivity contribution in [2.24, 2.45) is 0 Å². The molecule has 88 valence electrons. The number of ether oxygens (including phenoxy) is 1. The Morgan fingerprint density at radius 1 is 1.47 bits per heavy atom. The molecular formula is C8H11ClF3NO2. The van der Waals surface area contributed by atoms with Gasteiger partial charge in [-0.05, 0) is 13.3 Å². The summed E-state index contributed by atoms with van der Waals surface area (Å²) < 4.78 is 40.9. The third-order valence-corrected chi connectivity index (χ3v) is 2.34. The van der Waals surface area contributed by atoms with E-state index in [-0.39, 0.29) is 12.5 Å². The summed E-state index contributed by atoms with van der Waals surface area (Å²) in [5.74, 6) is -1.93. The highest BCUT2D eigenvalue weighted by molar-refractivity contribution is 6.19. The first-order valence-electron chi connectivity index (χ1n) is 4.46. The molecule has 0 radical (unpaired) electrons. The van der Waals surface area contributed by atoms with Crippen molar-refractivity contribution in [3.63, 3.8) is 0 Å². The van der Waals surface area contributed by atoms with Gasteiger partial charge in [0.1, 0.15) is 5.56 Å². The molecule has 3 nitrogen and oxygen atoms in total. The molecular weight excluding hydrogens is 235 g/mol. The Kier molecular flexibility index (Phi) is 3.83. The Hall–Kier alpha value is -0.490. The van der Waals surface area contributed by atoms with E-state index in [4.69, 9.17) is 16.3 Å². The normalized spacial score (nSPS) is 32.5. The highest BCUT2D eigenvalue weighted by Gasteiger charge is 2.40. The van der Waals surface area contributed by atoms with E-state index in [2.05, 4.69) is 0 Å². The van der Waals surface area contributed by atoms with Crippen LogP contribution in [0.1, 0.15) is 19.8 Å². The molecule has 1 heterocycles. The molecule has 1 unspecified atom stereocenters. The third kappa shape index (κ3) is 3.87. The Balaban J connectivity index is 2.48. The summed E-state index contributed by atoms with van der Waals surface area (Å²) in [5, 5.41) is 1.89. The van der Waals surface area contributed by atoms with Gasteiger partial charge in [-0.25, -0.2) is 0 Å². The molecule has 1 fully saturated rings. The minimum Gasteiger partial charge on any atom is -0.359 e. The van der Waals surface area contributed by atoms with E-state index < -0.39 is 23.7 Å². The maximum Gasteiger partial charge on any atom is 0.471 e. The van der Waals surface area contributed by atoms with E-state index in [0.29, 0.717) is 6.42 Å². The molecule has 15 heavy (non-hydrogen) atoms. The van der Waals surface area contributed by atoms with Crippen molar-refractivity contribution in [3.05, 3.63) is 0 Å². The molecule has 0 aromatic carbocycles. The first-order valence-corrected chi connectivity index (χ1v) is 4.90. The van der Waals surface area contributed by atoms with E-state index >= 15 is 0 Å². The summed E-state index contributed by atoms with van der Waals surface area (Å²) in [4.78, 5) is 10.6. The van der Waals surface area contributed by atoms with Crippen LogP contribution < -0.4 is 5.32 Å². The molecule has 0 aromatic heterocycles. The molecule has 3 atom stereocenters. The van der Waals surface area contributed by atoms with Gasteiger partial charge in [0.2, 0.25) is 0 Å². The lowest BCUT2D eigenvalue weighted by molar-refractivity contribution is -0.175. The molecule has 1 aliphatic heterocycles. The highest BCUT2D eigenvalue weighted by atomic mass is 35.5. The van der Waals surface area contributed by atoms with Crippen molar-refractivity contribution in [2.75, 3.05) is 0 Å². The van der Waals surface area contributed by atoms with Crippen LogP contribution in [-0.4, -0.2) is 29.8 Å². The van der Waals surface area contributed by atoms with E-state index in [1.807, 2.05) is 5.32 Å². The third-order valence-electron chi connectivity index (χ3n) is 2.06. The summed E-state index contributed by atoms with van der Waals surface area (Å²) in [6, 6.07) is -0.578. The van der Waals surface area contributed by atoms with Gasteiger partial charge in [-0.1, -0.05) is 11.6 Å². The highest BCUT2D eigenvalue weighted by Crippen LogP contribution is 2.23. The Labute approximate surface area is 89.9 Å². The fourth-order valence-electron chi connectivity index (χ4n) is 1.47. The Morgan fingerprint density at radius 3 is 2.53 bits per heavy atom. The fraction of sp³-hybridized carbons (Fsp3) is 0.875. The quantitative estimate of drug-likeness (QED) is 0.716. The number of amides is 1. The maximum atomic E-state index is 11.9. The van der Waals surface area contributed by atoms with Crippen LogP contribution in [0.25, 0.3) is 0 Å². The Morgan fingerprint density at radius 2 is 2.07 bits per heavy atom. The SMILES string of the molecule is C[C@H]1C[C@@H](NC(=O)C(F)(F)F)CC(Cl)O1. The van der Waals surface area contributed by atoms with E-state index in [0.717, 1.165) is 0 Å². The standard InChI is InChI=1S/C8H11ClF3NO2/c1-4-2-5(3-6(9)15-4)13-7(14)8(10,11)12/h4-6H,2-3H2,1H3,(H,13,14)/t4-,5+,6?/m0/s1. The van der Waals surface area contributed by atoms with Gasteiger partial charge >= 0.3 is 12.1 Å². The van der Waals surface area contributed by atoms with Gasteiger partial charge < -0.3 is 10.1 Å². The smallest absolute Gasteiger partial charge is 0.359 e. The van der Waals surface area contributed by atoms with Crippen molar-refractivity contribution in [3.8, 4) is 0 Å². The second-order valence-corrected chi connectivity index (χ2v) is 3.98. The average molecular weight is 246 g/mol. The van der Waals surface area contributed by atoms with Gasteiger partial charge in [0.05, 0.1) is 6.10 Å². The molecule has 0 aliphatic carbocycles. The van der Waals surface area contributed by atoms with Crippen LogP contribution in [0.3, 0.4) is 0 Å². The zero-order valence-electron chi connectivity index (χ0n) is 7.97. The lowest BCUT2D eigenvalue weighted by Crippen LogP contribution is -2.47. The molecule has 0 saturated carbocycles. The van der Waals surface area contributed by atoms with E-state index in [9.17, 15) is 18.0 Å². The van der Waals surface area contributed by atoms with Gasteiger partial charge in [-0.2, -0.15) is 13.2 Å². The minimum absolute atomic E-state index is 0.188. The number of hydrogen-bond donors (Lipinski definition) is 1. The predicted octanol–water partition coefficient (Wildman–Crippen LogP) is 1.80. The number of alkyl halides is 4. The van der Waals surface area contributed by atoms with Crippen LogP contribution >= 0.6 is 11.6 Å². The van der Waals surface area contributed by atoms with Crippen LogP contribution in [0.5, 0.6) is 0 Å². The number of carbonyl (C=O) groups excluding carboxylic acids is 1. The van der Waals surface area contributed by atoms with Gasteiger partial charge in [0.15, 0.2) is 0 Å². The molecule has 1 amide bonds. The molecule has 0 aromatic rings. The van der Waals surface area contributed by atoms with Gasteiger partial charge in [-0.3, -0.25) is 4.79 Å². The largest absolute Gasteiger partial charge is 0.471 e. The molecule has 1 rings (SSSR count). The summed E-state index contributed by atoms with van der Waals surface area (Å²) in [5.41, 5.74) is -0.646. The van der Waals surface area contributed by atoms with Crippen LogP contribution in [0.15, 0.2) is 0 Å². The Bertz CT molecular complexity index is 237. The summed E-state index contributed by atoms with van der Waals surface area (Å²) in [6.07, 6.45) is -4.57. The van der Waals surface area contributed by atoms with E-state index in [1.165, 1.54) is 0 Å². The van der Waals surface area contributed by atoms with Crippen LogP contribution in [-0.2, 0) is 9.53 Å². The lowest BCUT2D eigenvalue weighted by atomic mass is 10.0. The topological polar surface area (TPSA) is 38.3 Å². The lowest BCUT2D eigenvalue weighted by Gasteiger charge is -2.31. The minimum atomic E-state index is -4.84. The zero-order chi connectivity index (χ0) is 11.6. The molecule has 1 aliphatic rings. The van der Waals surface area contributed by atoms with Crippen molar-refractivity contribution in [1.82, 2.24) is 5.32 Å². The van der Waals surface area contributed by atoms with Crippen molar-refractivity contribution < 1.29 is 22.7 Å². The first kappa shape index (κ1) is 12.6. The van der Waals surface area contributed by atoms with Gasteiger partial charge in [0, 0.05) is 12.5 Å². The molecule has 1 N–H and O–H groups in total. The van der Waals surface area contributed by atoms with E-state index in [1.54, 1.807) is 6.92 Å². The van der Waals surface area contributed by atoms with Crippen molar-refractivity contribution >= 4 is 17.5 Å². The van der Waals surface area contributed by atoms with Crippen molar-refractivity contribution in [1.29, 1.82) is 0 Å². The van der Waals surface area contributed by atoms with Gasteiger partial charge in [0.25, 0.3) is 0 Å². The van der Waals surface area contributed by atoms with Crippen LogP contribution in [0.2, 0.25) is 0 Å². The maximum absolute atomic E-state index is 11.9. The molecule has 7 heteroatoms. The second-order valence-electron chi connectivity index (χ2n) is 3.50. The number of halogens is 4. The summed E-state index contributed by atoms with van der Waals surface area (Å²) in [6.45, 7) is 1.70. The fourth-order valence-corrected chi connectivity index (χ4v) is 1.86. The number of nitrogens with one attached hydrogen (secondary N) is 1. The second kappa shape index (κ2) is 4.57. The first-order chi connectivity index (χ1) is 6.79. The van der Waals surface area contributed by atoms with Gasteiger partial charge in [-0.15, -0.1) is 0 Å². The van der Waals surface area contributed by atoms with Crippen LogP contribution in [0.4, 0.5) is 13.2 Å². The zero-order valence-corrected chi connectivity index (χ0v) is 8.73. The average Bonchev–Trinajstić information content (AvgIpc) is 1.99. The van der Waals surface area contributed by atoms with Crippen LogP contribution in [0, 0.1) is 0 Å². The molecule has 1 saturated heterocycles. The number of hydrogen-bond acceptors (Lipinski definition) is 2.